The molecule has 0 bridgehead atoms. The summed E-state index contributed by atoms with van der Waals surface area (Å²) < 4.78 is 0. The van der Waals surface area contributed by atoms with E-state index in [1.807, 2.05) is 0 Å². The third-order valence-corrected chi connectivity index (χ3v) is 3.56. The molecule has 3 heteroatoms. The van der Waals surface area contributed by atoms with Crippen molar-refractivity contribution >= 4 is 11.6 Å². The molecule has 0 atom stereocenters. The van der Waals surface area contributed by atoms with Gasteiger partial charge in [-0.1, -0.05) is 25.4 Å². The zero-order valence-corrected chi connectivity index (χ0v) is 10.1. The molecule has 0 aromatic carbocycles. The number of aryl methyl sites for hydroxylation is 1. The summed E-state index contributed by atoms with van der Waals surface area (Å²) in [6, 6.07) is 0. The first-order chi connectivity index (χ1) is 7.26. The summed E-state index contributed by atoms with van der Waals surface area (Å²) in [5.41, 5.74) is 2.38. The van der Waals surface area contributed by atoms with Crippen molar-refractivity contribution in [1.29, 1.82) is 0 Å². The summed E-state index contributed by atoms with van der Waals surface area (Å²) in [7, 11) is 0. The van der Waals surface area contributed by atoms with Crippen LogP contribution in [0.25, 0.3) is 0 Å². The maximum atomic E-state index is 6.18. The van der Waals surface area contributed by atoms with E-state index in [0.717, 1.165) is 31.5 Å². The number of halogens is 1. The maximum absolute atomic E-state index is 6.18. The predicted octanol–water partition coefficient (Wildman–Crippen LogP) is 3.52. The molecule has 1 aromatic heterocycles. The maximum Gasteiger partial charge on any atom is 0.136 e. The van der Waals surface area contributed by atoms with Gasteiger partial charge in [-0.25, -0.2) is 9.97 Å². The van der Waals surface area contributed by atoms with Crippen molar-refractivity contribution in [1.82, 2.24) is 9.97 Å². The molecule has 2 nitrogen and oxygen atoms in total. The lowest BCUT2D eigenvalue weighted by atomic mass is 10.0. The molecule has 0 amide bonds. The zero-order valence-electron chi connectivity index (χ0n) is 9.39. The molecule has 0 spiro atoms. The van der Waals surface area contributed by atoms with Crippen molar-refractivity contribution in [2.75, 3.05) is 0 Å². The van der Waals surface area contributed by atoms with Crippen LogP contribution in [-0.2, 0) is 12.8 Å². The third-order valence-electron chi connectivity index (χ3n) is 3.25. The van der Waals surface area contributed by atoms with Crippen molar-refractivity contribution in [3.05, 3.63) is 22.2 Å². The highest BCUT2D eigenvalue weighted by molar-refractivity contribution is 6.30. The van der Waals surface area contributed by atoms with Gasteiger partial charge in [-0.2, -0.15) is 0 Å². The molecule has 2 rings (SSSR count). The predicted molar refractivity (Wildman–Crippen MR) is 62.4 cm³/mol. The van der Waals surface area contributed by atoms with Gasteiger partial charge in [0.15, 0.2) is 0 Å². The van der Waals surface area contributed by atoms with E-state index in [0.29, 0.717) is 11.1 Å². The fourth-order valence-corrected chi connectivity index (χ4v) is 2.53. The van der Waals surface area contributed by atoms with Crippen LogP contribution in [0.15, 0.2) is 0 Å². The summed E-state index contributed by atoms with van der Waals surface area (Å²) in [5.74, 6) is 1.42. The minimum atomic E-state index is 0.466. The number of hydrogen-bond donors (Lipinski definition) is 0. The Balaban J connectivity index is 2.38. The van der Waals surface area contributed by atoms with Crippen LogP contribution in [0.2, 0.25) is 5.15 Å². The summed E-state index contributed by atoms with van der Waals surface area (Å²) in [6.07, 6.45) is 5.48. The average Bonchev–Trinajstić information content (AvgIpc) is 2.68. The van der Waals surface area contributed by atoms with Crippen LogP contribution in [0.5, 0.6) is 0 Å². The molecule has 1 aromatic rings. The molecule has 1 aliphatic rings. The molecule has 0 saturated heterocycles. The highest BCUT2D eigenvalue weighted by atomic mass is 35.5. The molecule has 0 fully saturated rings. The number of rotatable bonds is 3. The van der Waals surface area contributed by atoms with Gasteiger partial charge in [0.2, 0.25) is 0 Å². The molecule has 0 unspecified atom stereocenters. The molecule has 15 heavy (non-hydrogen) atoms. The second kappa shape index (κ2) is 4.48. The zero-order chi connectivity index (χ0) is 10.8. The highest BCUT2D eigenvalue weighted by Gasteiger charge is 2.20. The number of hydrogen-bond acceptors (Lipinski definition) is 2. The fraction of sp³-hybridized carbons (Fsp3) is 0.667. The van der Waals surface area contributed by atoms with Crippen molar-refractivity contribution in [2.24, 2.45) is 0 Å². The lowest BCUT2D eigenvalue weighted by Crippen LogP contribution is -2.06. The van der Waals surface area contributed by atoms with Crippen LogP contribution >= 0.6 is 11.6 Å². The summed E-state index contributed by atoms with van der Waals surface area (Å²) in [4.78, 5) is 9.10. The number of nitrogens with zero attached hydrogens (tertiary/aromatic N) is 2. The smallest absolute Gasteiger partial charge is 0.136 e. The Morgan fingerprint density at radius 1 is 1.20 bits per heavy atom. The van der Waals surface area contributed by atoms with Crippen molar-refractivity contribution in [3.63, 3.8) is 0 Å². The molecular formula is C12H17ClN2. The summed E-state index contributed by atoms with van der Waals surface area (Å²) >= 11 is 6.18. The van der Waals surface area contributed by atoms with E-state index in [-0.39, 0.29) is 0 Å². The van der Waals surface area contributed by atoms with Crippen LogP contribution < -0.4 is 0 Å². The van der Waals surface area contributed by atoms with E-state index in [1.54, 1.807) is 0 Å². The van der Waals surface area contributed by atoms with E-state index in [1.165, 1.54) is 17.7 Å². The van der Waals surface area contributed by atoms with Gasteiger partial charge in [-0.3, -0.25) is 0 Å². The standard InChI is InChI=1S/C12H17ClN2/c1-3-8(4-2)12-14-10-7-5-6-9(10)11(13)15-12/h8H,3-7H2,1-2H3. The fourth-order valence-electron chi connectivity index (χ4n) is 2.24. The van der Waals surface area contributed by atoms with Gasteiger partial charge in [0, 0.05) is 17.2 Å². The molecular weight excluding hydrogens is 208 g/mol. The Morgan fingerprint density at radius 3 is 2.60 bits per heavy atom. The van der Waals surface area contributed by atoms with Crippen LogP contribution in [0, 0.1) is 0 Å². The Kier molecular flexibility index (Phi) is 3.25. The van der Waals surface area contributed by atoms with Crippen molar-refractivity contribution in [3.8, 4) is 0 Å². The lowest BCUT2D eigenvalue weighted by Gasteiger charge is -2.12. The highest BCUT2D eigenvalue weighted by Crippen LogP contribution is 2.29. The van der Waals surface area contributed by atoms with Crippen LogP contribution in [0.1, 0.15) is 56.1 Å². The molecule has 0 N–H and O–H groups in total. The van der Waals surface area contributed by atoms with Gasteiger partial charge >= 0.3 is 0 Å². The minimum absolute atomic E-state index is 0.466. The molecule has 0 radical (unpaired) electrons. The lowest BCUT2D eigenvalue weighted by molar-refractivity contribution is 0.598. The van der Waals surface area contributed by atoms with E-state index in [4.69, 9.17) is 11.6 Å². The van der Waals surface area contributed by atoms with Crippen LogP contribution in [0.3, 0.4) is 0 Å². The molecule has 0 aliphatic heterocycles. The Morgan fingerprint density at radius 2 is 1.93 bits per heavy atom. The van der Waals surface area contributed by atoms with Gasteiger partial charge in [-0.05, 0) is 32.1 Å². The normalized spacial score (nSPS) is 14.7. The van der Waals surface area contributed by atoms with E-state index >= 15 is 0 Å². The first kappa shape index (κ1) is 10.9. The van der Waals surface area contributed by atoms with Crippen molar-refractivity contribution < 1.29 is 0 Å². The second-order valence-corrected chi connectivity index (χ2v) is 4.52. The largest absolute Gasteiger partial charge is 0.237 e. The molecule has 0 saturated carbocycles. The van der Waals surface area contributed by atoms with Crippen LogP contribution in [0.4, 0.5) is 0 Å². The first-order valence-electron chi connectivity index (χ1n) is 5.81. The second-order valence-electron chi connectivity index (χ2n) is 4.16. The first-order valence-corrected chi connectivity index (χ1v) is 6.19. The Labute approximate surface area is 96.1 Å². The van der Waals surface area contributed by atoms with E-state index < -0.39 is 0 Å². The Hall–Kier alpha value is -0.630. The number of aromatic nitrogens is 2. The quantitative estimate of drug-likeness (QED) is 0.735. The monoisotopic (exact) mass is 224 g/mol. The molecule has 82 valence electrons. The van der Waals surface area contributed by atoms with Gasteiger partial charge < -0.3 is 0 Å². The molecule has 1 heterocycles. The SMILES string of the molecule is CCC(CC)c1nc(Cl)c2c(n1)CCC2. The van der Waals surface area contributed by atoms with Gasteiger partial charge in [0.25, 0.3) is 0 Å². The third kappa shape index (κ3) is 2.00. The summed E-state index contributed by atoms with van der Waals surface area (Å²) in [5, 5.41) is 0.694. The van der Waals surface area contributed by atoms with E-state index in [2.05, 4.69) is 23.8 Å². The Bertz CT molecular complexity index is 359. The summed E-state index contributed by atoms with van der Waals surface area (Å²) in [6.45, 7) is 4.36. The average molecular weight is 225 g/mol. The topological polar surface area (TPSA) is 25.8 Å². The minimum Gasteiger partial charge on any atom is -0.237 e. The number of fused-ring (bicyclic) bond motifs is 1. The van der Waals surface area contributed by atoms with Gasteiger partial charge in [-0.15, -0.1) is 0 Å². The van der Waals surface area contributed by atoms with E-state index in [9.17, 15) is 0 Å². The molecule has 1 aliphatic carbocycles. The van der Waals surface area contributed by atoms with Gasteiger partial charge in [0.05, 0.1) is 0 Å². The van der Waals surface area contributed by atoms with Crippen molar-refractivity contribution in [2.45, 2.75) is 51.9 Å². The van der Waals surface area contributed by atoms with Crippen LogP contribution in [-0.4, -0.2) is 9.97 Å². The van der Waals surface area contributed by atoms with Gasteiger partial charge in [0.1, 0.15) is 11.0 Å².